The lowest BCUT2D eigenvalue weighted by Crippen LogP contribution is -2.41. The highest BCUT2D eigenvalue weighted by Crippen LogP contribution is 2.29. The van der Waals surface area contributed by atoms with Gasteiger partial charge in [0.2, 0.25) is 5.91 Å². The molecule has 1 aliphatic carbocycles. The predicted octanol–water partition coefficient (Wildman–Crippen LogP) is 3.63. The highest BCUT2D eigenvalue weighted by atomic mass is 16.2. The van der Waals surface area contributed by atoms with Crippen LogP contribution in [0.2, 0.25) is 0 Å². The molecule has 0 bridgehead atoms. The molecule has 2 fully saturated rings. The zero-order chi connectivity index (χ0) is 11.4. The summed E-state index contributed by atoms with van der Waals surface area (Å²) in [5.74, 6) is 0.321. The molecule has 1 amide bonds. The Hall–Kier alpha value is -0.790. The summed E-state index contributed by atoms with van der Waals surface area (Å²) < 4.78 is 0. The quantitative estimate of drug-likeness (QED) is 0.662. The van der Waals surface area contributed by atoms with Gasteiger partial charge in [0, 0.05) is 18.2 Å². The van der Waals surface area contributed by atoms with E-state index in [0.717, 1.165) is 25.0 Å². The van der Waals surface area contributed by atoms with E-state index in [9.17, 15) is 4.79 Å². The molecule has 1 heterocycles. The fourth-order valence-corrected chi connectivity index (χ4v) is 3.02. The van der Waals surface area contributed by atoms with E-state index in [1.54, 1.807) is 0 Å². The number of nitrogens with zero attached hydrogens (tertiary/aromatic N) is 1. The molecular weight excluding hydrogens is 198 g/mol. The highest BCUT2D eigenvalue weighted by Gasteiger charge is 2.28. The van der Waals surface area contributed by atoms with Crippen LogP contribution < -0.4 is 0 Å². The molecule has 0 spiro atoms. The maximum atomic E-state index is 12.0. The van der Waals surface area contributed by atoms with Gasteiger partial charge in [-0.2, -0.15) is 0 Å². The minimum absolute atomic E-state index is 0.321. The molecule has 2 aliphatic rings. The Labute approximate surface area is 98.7 Å². The van der Waals surface area contributed by atoms with Gasteiger partial charge in [0.1, 0.15) is 0 Å². The minimum atomic E-state index is 0.321. The largest absolute Gasteiger partial charge is 0.314 e. The molecule has 0 aromatic carbocycles. The van der Waals surface area contributed by atoms with Crippen LogP contribution in [0.25, 0.3) is 0 Å². The van der Waals surface area contributed by atoms with E-state index in [4.69, 9.17) is 0 Å². The molecule has 0 atom stereocenters. The van der Waals surface area contributed by atoms with Gasteiger partial charge in [-0.05, 0) is 25.7 Å². The van der Waals surface area contributed by atoms with Crippen LogP contribution in [0, 0.1) is 0 Å². The van der Waals surface area contributed by atoms with Crippen molar-refractivity contribution in [2.24, 2.45) is 0 Å². The molecule has 1 saturated heterocycles. The zero-order valence-corrected chi connectivity index (χ0v) is 10.2. The Morgan fingerprint density at radius 1 is 0.938 bits per heavy atom. The van der Waals surface area contributed by atoms with Crippen molar-refractivity contribution in [1.29, 1.82) is 0 Å². The third-order valence-electron chi connectivity index (χ3n) is 3.91. The predicted molar refractivity (Wildman–Crippen MR) is 65.9 cm³/mol. The molecule has 2 heteroatoms. The fourth-order valence-electron chi connectivity index (χ4n) is 3.02. The first-order chi connectivity index (χ1) is 7.79. The second-order valence-electron chi connectivity index (χ2n) is 5.18. The van der Waals surface area contributed by atoms with E-state index >= 15 is 0 Å². The smallest absolute Gasteiger partial charge is 0.226 e. The number of rotatable bonds is 1. The highest BCUT2D eigenvalue weighted by molar-refractivity contribution is 5.79. The summed E-state index contributed by atoms with van der Waals surface area (Å²) in [6, 6.07) is 0.459. The number of amides is 1. The van der Waals surface area contributed by atoms with Gasteiger partial charge in [0.15, 0.2) is 0 Å². The van der Waals surface area contributed by atoms with Gasteiger partial charge in [0.25, 0.3) is 0 Å². The third-order valence-corrected chi connectivity index (χ3v) is 3.91. The second kappa shape index (κ2) is 5.51. The van der Waals surface area contributed by atoms with Crippen molar-refractivity contribution in [2.45, 2.75) is 70.3 Å². The van der Waals surface area contributed by atoms with Gasteiger partial charge in [-0.25, -0.2) is 0 Å². The Balaban J connectivity index is 2.01. The van der Waals surface area contributed by atoms with Crippen LogP contribution in [0.3, 0.4) is 0 Å². The first-order valence-electron chi connectivity index (χ1n) is 6.79. The number of piperidine rings is 1. The molecule has 0 aromatic heterocycles. The number of hydrogen-bond donors (Lipinski definition) is 0. The van der Waals surface area contributed by atoms with E-state index in [1.807, 2.05) is 4.90 Å². The van der Waals surface area contributed by atoms with Crippen LogP contribution in [0.4, 0.5) is 0 Å². The molecule has 1 saturated carbocycles. The summed E-state index contributed by atoms with van der Waals surface area (Å²) >= 11 is 0. The van der Waals surface area contributed by atoms with Gasteiger partial charge in [-0.15, -0.1) is 0 Å². The summed E-state index contributed by atoms with van der Waals surface area (Å²) in [4.78, 5) is 14.0. The van der Waals surface area contributed by atoms with E-state index in [0.29, 0.717) is 11.9 Å². The molecule has 2 nitrogen and oxygen atoms in total. The van der Waals surface area contributed by atoms with Crippen molar-refractivity contribution in [2.75, 3.05) is 0 Å². The SMILES string of the molecule is C=C1CCCC(=O)N1C1CCCCCCC1. The van der Waals surface area contributed by atoms with Gasteiger partial charge >= 0.3 is 0 Å². The van der Waals surface area contributed by atoms with Crippen molar-refractivity contribution in [1.82, 2.24) is 4.90 Å². The summed E-state index contributed by atoms with van der Waals surface area (Å²) in [6.07, 6.45) is 11.7. The van der Waals surface area contributed by atoms with E-state index in [1.165, 1.54) is 44.9 Å². The number of allylic oxidation sites excluding steroid dienone is 1. The van der Waals surface area contributed by atoms with E-state index in [-0.39, 0.29) is 0 Å². The number of carbonyl (C=O) groups excluding carboxylic acids is 1. The van der Waals surface area contributed by atoms with Crippen LogP contribution >= 0.6 is 0 Å². The lowest BCUT2D eigenvalue weighted by atomic mass is 9.93. The van der Waals surface area contributed by atoms with Crippen LogP contribution in [0.1, 0.15) is 64.2 Å². The van der Waals surface area contributed by atoms with Gasteiger partial charge in [-0.1, -0.05) is 38.7 Å². The Morgan fingerprint density at radius 3 is 2.19 bits per heavy atom. The number of hydrogen-bond acceptors (Lipinski definition) is 1. The zero-order valence-electron chi connectivity index (χ0n) is 10.2. The average Bonchev–Trinajstić information content (AvgIpc) is 2.20. The maximum absolute atomic E-state index is 12.0. The normalized spacial score (nSPS) is 25.4. The first kappa shape index (κ1) is 11.7. The Kier molecular flexibility index (Phi) is 4.03. The molecule has 0 N–H and O–H groups in total. The monoisotopic (exact) mass is 221 g/mol. The fraction of sp³-hybridized carbons (Fsp3) is 0.786. The summed E-state index contributed by atoms with van der Waals surface area (Å²) in [5.41, 5.74) is 1.07. The molecular formula is C14H23NO. The Bertz CT molecular complexity index is 248. The lowest BCUT2D eigenvalue weighted by molar-refractivity contribution is -0.133. The minimum Gasteiger partial charge on any atom is -0.314 e. The van der Waals surface area contributed by atoms with Gasteiger partial charge in [0.05, 0.1) is 0 Å². The first-order valence-corrected chi connectivity index (χ1v) is 6.79. The van der Waals surface area contributed by atoms with Crippen LogP contribution in [0.5, 0.6) is 0 Å². The average molecular weight is 221 g/mol. The van der Waals surface area contributed by atoms with Crippen molar-refractivity contribution in [3.05, 3.63) is 12.3 Å². The van der Waals surface area contributed by atoms with Gasteiger partial charge < -0.3 is 4.90 Å². The van der Waals surface area contributed by atoms with Crippen molar-refractivity contribution in [3.8, 4) is 0 Å². The van der Waals surface area contributed by atoms with Crippen LogP contribution in [-0.2, 0) is 4.79 Å². The molecule has 16 heavy (non-hydrogen) atoms. The van der Waals surface area contributed by atoms with Crippen LogP contribution in [-0.4, -0.2) is 16.8 Å². The molecule has 1 aliphatic heterocycles. The second-order valence-corrected chi connectivity index (χ2v) is 5.18. The summed E-state index contributed by atoms with van der Waals surface area (Å²) in [6.45, 7) is 4.08. The maximum Gasteiger partial charge on any atom is 0.226 e. The molecule has 0 aromatic rings. The topological polar surface area (TPSA) is 20.3 Å². The van der Waals surface area contributed by atoms with Crippen LogP contribution in [0.15, 0.2) is 12.3 Å². The summed E-state index contributed by atoms with van der Waals surface area (Å²) in [7, 11) is 0. The Morgan fingerprint density at radius 2 is 1.56 bits per heavy atom. The number of likely N-dealkylation sites (tertiary alicyclic amines) is 1. The molecule has 0 radical (unpaired) electrons. The number of carbonyl (C=O) groups is 1. The molecule has 0 unspecified atom stereocenters. The van der Waals surface area contributed by atoms with E-state index < -0.39 is 0 Å². The van der Waals surface area contributed by atoms with Gasteiger partial charge in [-0.3, -0.25) is 4.79 Å². The third kappa shape index (κ3) is 2.66. The summed E-state index contributed by atoms with van der Waals surface area (Å²) in [5, 5.41) is 0. The van der Waals surface area contributed by atoms with Crippen molar-refractivity contribution >= 4 is 5.91 Å². The van der Waals surface area contributed by atoms with Crippen molar-refractivity contribution in [3.63, 3.8) is 0 Å². The molecule has 2 rings (SSSR count). The molecule has 90 valence electrons. The lowest BCUT2D eigenvalue weighted by Gasteiger charge is -2.37. The standard InChI is InChI=1S/C14H23NO/c1-12-8-7-11-14(16)15(12)13-9-5-3-2-4-6-10-13/h13H,1-11H2. The van der Waals surface area contributed by atoms with Crippen molar-refractivity contribution < 1.29 is 4.79 Å². The van der Waals surface area contributed by atoms with E-state index in [2.05, 4.69) is 6.58 Å².